The van der Waals surface area contributed by atoms with Crippen LogP contribution in [0.1, 0.15) is 52.5 Å². The quantitative estimate of drug-likeness (QED) is 0.475. The van der Waals surface area contributed by atoms with Crippen molar-refractivity contribution in [3.63, 3.8) is 0 Å². The van der Waals surface area contributed by atoms with Crippen molar-refractivity contribution in [3.05, 3.63) is 63.8 Å². The first-order valence-corrected chi connectivity index (χ1v) is 10.8. The number of alkyl halides is 3. The van der Waals surface area contributed by atoms with Crippen molar-refractivity contribution >= 4 is 11.9 Å². The van der Waals surface area contributed by atoms with Gasteiger partial charge in [0, 0.05) is 12.1 Å². The van der Waals surface area contributed by atoms with Crippen LogP contribution in [0.4, 0.5) is 13.2 Å². The topological polar surface area (TPSA) is 127 Å². The number of nitrogens with zero attached hydrogens (tertiary/aromatic N) is 2. The van der Waals surface area contributed by atoms with Crippen LogP contribution >= 0.6 is 0 Å². The molecule has 188 valence electrons. The lowest BCUT2D eigenvalue weighted by molar-refractivity contribution is -0.142. The van der Waals surface area contributed by atoms with E-state index >= 15 is 0 Å². The summed E-state index contributed by atoms with van der Waals surface area (Å²) in [4.78, 5) is 39.3. The molecule has 0 bridgehead atoms. The summed E-state index contributed by atoms with van der Waals surface area (Å²) >= 11 is 0. The first kappa shape index (κ1) is 26.1. The highest BCUT2D eigenvalue weighted by molar-refractivity contribution is 5.92. The van der Waals surface area contributed by atoms with Crippen LogP contribution in [0.3, 0.4) is 0 Å². The van der Waals surface area contributed by atoms with Crippen LogP contribution in [-0.2, 0) is 22.3 Å². The molecule has 9 nitrogen and oxygen atoms in total. The van der Waals surface area contributed by atoms with Gasteiger partial charge in [-0.1, -0.05) is 17.3 Å². The van der Waals surface area contributed by atoms with Crippen LogP contribution in [0.15, 0.2) is 41.7 Å². The molecule has 3 atom stereocenters. The third kappa shape index (κ3) is 6.75. The number of nitroso groups, excluding NO2 is 1. The number of halogens is 3. The first-order chi connectivity index (χ1) is 16.6. The number of benzene rings is 1. The molecule has 1 aliphatic carbocycles. The molecule has 0 saturated heterocycles. The van der Waals surface area contributed by atoms with Crippen LogP contribution < -0.4 is 10.1 Å². The van der Waals surface area contributed by atoms with E-state index in [2.05, 4.69) is 15.5 Å². The van der Waals surface area contributed by atoms with Crippen LogP contribution in [0.5, 0.6) is 5.75 Å². The molecular formula is C23H24F3N3O6. The van der Waals surface area contributed by atoms with Gasteiger partial charge in [0.25, 0.3) is 5.91 Å². The van der Waals surface area contributed by atoms with Crippen LogP contribution in [-0.4, -0.2) is 41.8 Å². The van der Waals surface area contributed by atoms with Crippen LogP contribution in [0.2, 0.25) is 0 Å². The highest BCUT2D eigenvalue weighted by Gasteiger charge is 2.32. The van der Waals surface area contributed by atoms with Gasteiger partial charge >= 0.3 is 12.1 Å². The minimum absolute atomic E-state index is 0.0896. The lowest BCUT2D eigenvalue weighted by Crippen LogP contribution is -2.24. The van der Waals surface area contributed by atoms with Gasteiger partial charge in [0.15, 0.2) is 0 Å². The second kappa shape index (κ2) is 11.3. The smallest absolute Gasteiger partial charge is 0.416 e. The molecule has 2 aromatic rings. The monoisotopic (exact) mass is 495 g/mol. The normalized spacial score (nSPS) is 18.6. The predicted octanol–water partition coefficient (Wildman–Crippen LogP) is 4.12. The Morgan fingerprint density at radius 2 is 2.06 bits per heavy atom. The Labute approximate surface area is 198 Å². The fourth-order valence-electron chi connectivity index (χ4n) is 3.86. The molecule has 1 amide bonds. The summed E-state index contributed by atoms with van der Waals surface area (Å²) in [5, 5.41) is 14.7. The summed E-state index contributed by atoms with van der Waals surface area (Å²) in [6.07, 6.45) is -2.24. The second-order valence-corrected chi connectivity index (χ2v) is 8.12. The third-order valence-electron chi connectivity index (χ3n) is 5.77. The molecule has 0 aliphatic heterocycles. The number of aliphatic carboxylic acids is 1. The zero-order chi connectivity index (χ0) is 25.6. The minimum Gasteiger partial charge on any atom is -0.495 e. The second-order valence-electron chi connectivity index (χ2n) is 8.12. The molecule has 35 heavy (non-hydrogen) atoms. The number of aromatic nitrogens is 1. The number of amides is 1. The van der Waals surface area contributed by atoms with Crippen molar-refractivity contribution in [2.24, 2.45) is 11.1 Å². The average molecular weight is 495 g/mol. The Kier molecular flexibility index (Phi) is 8.39. The number of carbonyl (C=O) groups excluding carboxylic acids is 1. The van der Waals surface area contributed by atoms with Gasteiger partial charge in [0.1, 0.15) is 17.5 Å². The zero-order valence-electron chi connectivity index (χ0n) is 18.7. The number of nitrogens with one attached hydrogen (secondary N) is 1. The largest absolute Gasteiger partial charge is 0.495 e. The first-order valence-electron chi connectivity index (χ1n) is 10.8. The maximum absolute atomic E-state index is 12.9. The maximum Gasteiger partial charge on any atom is 0.416 e. The predicted molar refractivity (Wildman–Crippen MR) is 117 cm³/mol. The van der Waals surface area contributed by atoms with Gasteiger partial charge in [-0.2, -0.15) is 18.1 Å². The summed E-state index contributed by atoms with van der Waals surface area (Å²) in [7, 11) is 1.35. The Balaban J connectivity index is 1.68. The summed E-state index contributed by atoms with van der Waals surface area (Å²) in [5.41, 5.74) is -0.423. The number of methoxy groups -OCH3 is 1. The molecule has 3 rings (SSSR count). The number of ether oxygens (including phenoxy) is 2. The number of rotatable bonds is 10. The summed E-state index contributed by atoms with van der Waals surface area (Å²) in [6.45, 7) is -0.317. The number of carboxylic acid groups (broad SMARTS) is 1. The van der Waals surface area contributed by atoms with Crippen molar-refractivity contribution in [1.82, 2.24) is 10.3 Å². The molecule has 12 heteroatoms. The van der Waals surface area contributed by atoms with E-state index in [4.69, 9.17) is 14.6 Å². The molecule has 0 spiro atoms. The van der Waals surface area contributed by atoms with Crippen LogP contribution in [0, 0.1) is 10.8 Å². The summed E-state index contributed by atoms with van der Waals surface area (Å²) in [6, 6.07) is 4.83. The molecule has 3 unspecified atom stereocenters. The van der Waals surface area contributed by atoms with E-state index in [0.29, 0.717) is 19.3 Å². The molecule has 2 N–H and O–H groups in total. The average Bonchev–Trinajstić information content (AvgIpc) is 3.32. The zero-order valence-corrected chi connectivity index (χ0v) is 18.7. The third-order valence-corrected chi connectivity index (χ3v) is 5.77. The minimum atomic E-state index is -4.50. The summed E-state index contributed by atoms with van der Waals surface area (Å²) < 4.78 is 49.6. The van der Waals surface area contributed by atoms with Crippen molar-refractivity contribution in [2.75, 3.05) is 13.7 Å². The number of pyridine rings is 1. The van der Waals surface area contributed by atoms with E-state index in [0.717, 1.165) is 12.1 Å². The lowest BCUT2D eigenvalue weighted by atomic mass is 10.1. The molecule has 0 radical (unpaired) electrons. The van der Waals surface area contributed by atoms with Gasteiger partial charge in [0.2, 0.25) is 0 Å². The SMILES string of the molecule is COc1cnc(C(=O)NCc2cccc(C(F)(F)F)c2)cc1C(COC1CCC(C(=O)O)C1)N=O. The number of hydrogen-bond donors (Lipinski definition) is 2. The Morgan fingerprint density at radius 1 is 1.29 bits per heavy atom. The van der Waals surface area contributed by atoms with E-state index in [-0.39, 0.29) is 41.8 Å². The number of carbonyl (C=O) groups is 2. The van der Waals surface area contributed by atoms with Crippen molar-refractivity contribution in [1.29, 1.82) is 0 Å². The number of carboxylic acids is 1. The molecule has 1 aliphatic rings. The van der Waals surface area contributed by atoms with Crippen molar-refractivity contribution < 1.29 is 37.3 Å². The molecular weight excluding hydrogens is 471 g/mol. The molecule has 1 fully saturated rings. The van der Waals surface area contributed by atoms with E-state index in [1.165, 1.54) is 31.5 Å². The molecule has 1 saturated carbocycles. The lowest BCUT2D eigenvalue weighted by Gasteiger charge is -2.17. The van der Waals surface area contributed by atoms with Crippen LogP contribution in [0.25, 0.3) is 0 Å². The van der Waals surface area contributed by atoms with Gasteiger partial charge in [-0.3, -0.25) is 9.59 Å². The summed E-state index contributed by atoms with van der Waals surface area (Å²) in [5.74, 6) is -1.86. The van der Waals surface area contributed by atoms with Gasteiger partial charge in [-0.15, -0.1) is 0 Å². The van der Waals surface area contributed by atoms with E-state index in [9.17, 15) is 27.7 Å². The van der Waals surface area contributed by atoms with E-state index in [1.807, 2.05) is 0 Å². The van der Waals surface area contributed by atoms with E-state index < -0.39 is 35.6 Å². The highest BCUT2D eigenvalue weighted by atomic mass is 19.4. The number of hydrogen-bond acceptors (Lipinski definition) is 7. The molecule has 1 aromatic heterocycles. The molecule has 1 aromatic carbocycles. The van der Waals surface area contributed by atoms with E-state index in [1.54, 1.807) is 0 Å². The Bertz CT molecular complexity index is 1080. The van der Waals surface area contributed by atoms with Gasteiger partial charge in [-0.25, -0.2) is 4.98 Å². The Hall–Kier alpha value is -3.54. The fourth-order valence-corrected chi connectivity index (χ4v) is 3.86. The van der Waals surface area contributed by atoms with Gasteiger partial charge in [-0.05, 0) is 43.0 Å². The van der Waals surface area contributed by atoms with Crippen molar-refractivity contribution in [3.8, 4) is 5.75 Å². The fraction of sp³-hybridized carbons (Fsp3) is 0.435. The van der Waals surface area contributed by atoms with Gasteiger partial charge in [0.05, 0.1) is 37.5 Å². The van der Waals surface area contributed by atoms with Crippen molar-refractivity contribution in [2.45, 2.75) is 44.1 Å². The Morgan fingerprint density at radius 3 is 2.69 bits per heavy atom. The molecule has 1 heterocycles. The standard InChI is InChI=1S/C23H24F3N3O6/c1-34-20-11-27-18(21(30)28-10-13-3-2-4-15(7-13)23(24,25)26)9-17(20)19(29-33)12-35-16-6-5-14(8-16)22(31)32/h2-4,7,9,11,14,16,19H,5-6,8,10,12H2,1H3,(H,28,30)(H,31,32). The van der Waals surface area contributed by atoms with Gasteiger partial charge < -0.3 is 19.9 Å². The highest BCUT2D eigenvalue weighted by Crippen LogP contribution is 2.32. The maximum atomic E-state index is 12.9.